The van der Waals surface area contributed by atoms with Gasteiger partial charge >= 0.3 is 0 Å². The minimum atomic E-state index is -0.870. The molecule has 4 aromatic carbocycles. The lowest BCUT2D eigenvalue weighted by Crippen LogP contribution is -1.91. The molecule has 0 saturated heterocycles. The van der Waals surface area contributed by atoms with Gasteiger partial charge in [0, 0.05) is 29.2 Å². The van der Waals surface area contributed by atoms with E-state index in [0.29, 0.717) is 23.1 Å². The normalized spacial score (nSPS) is 10.2. The molecule has 0 aliphatic heterocycles. The molecule has 0 radical (unpaired) electrons. The van der Waals surface area contributed by atoms with Crippen LogP contribution in [0.1, 0.15) is 27.8 Å². The van der Waals surface area contributed by atoms with Crippen molar-refractivity contribution in [3.8, 4) is 23.7 Å². The number of ether oxygens (including phenoxy) is 1. The second-order valence-electron chi connectivity index (χ2n) is 7.12. The van der Waals surface area contributed by atoms with Crippen molar-refractivity contribution in [3.63, 3.8) is 0 Å². The molecule has 4 rings (SSSR count). The van der Waals surface area contributed by atoms with E-state index in [1.54, 1.807) is 31.4 Å². The second-order valence-corrected chi connectivity index (χ2v) is 7.12. The zero-order valence-corrected chi connectivity index (χ0v) is 17.2. The van der Waals surface area contributed by atoms with E-state index < -0.39 is 11.6 Å². The van der Waals surface area contributed by atoms with Crippen molar-refractivity contribution < 1.29 is 17.9 Å². The Hall–Kier alpha value is -3.99. The van der Waals surface area contributed by atoms with Crippen molar-refractivity contribution in [1.29, 1.82) is 0 Å². The number of halogens is 3. The lowest BCUT2D eigenvalue weighted by Gasteiger charge is -2.01. The van der Waals surface area contributed by atoms with Gasteiger partial charge in [-0.2, -0.15) is 0 Å². The molecule has 0 heterocycles. The molecular formula is C28H17F3O. The quantitative estimate of drug-likeness (QED) is 0.347. The van der Waals surface area contributed by atoms with E-state index in [1.165, 1.54) is 18.2 Å². The smallest absolute Gasteiger partial charge is 0.166 e. The number of fused-ring (bicyclic) bond motifs is 1. The first-order chi connectivity index (χ1) is 15.5. The Balaban J connectivity index is 1.50. The van der Waals surface area contributed by atoms with E-state index in [9.17, 15) is 13.2 Å². The average molecular weight is 426 g/mol. The monoisotopic (exact) mass is 426 g/mol. The van der Waals surface area contributed by atoms with Crippen LogP contribution in [0.5, 0.6) is 0 Å². The third-order valence-electron chi connectivity index (χ3n) is 4.83. The van der Waals surface area contributed by atoms with Crippen LogP contribution in [-0.2, 0) is 11.3 Å². The molecule has 0 bridgehead atoms. The number of benzene rings is 4. The third-order valence-corrected chi connectivity index (χ3v) is 4.83. The van der Waals surface area contributed by atoms with E-state index in [0.717, 1.165) is 22.8 Å². The van der Waals surface area contributed by atoms with Crippen molar-refractivity contribution in [2.24, 2.45) is 0 Å². The predicted octanol–water partition coefficient (Wildman–Crippen LogP) is 6.20. The number of rotatable bonds is 2. The molecule has 0 aliphatic rings. The molecule has 0 saturated carbocycles. The van der Waals surface area contributed by atoms with Gasteiger partial charge in [0.05, 0.1) is 12.2 Å². The molecule has 0 aromatic heterocycles. The number of hydrogen-bond donors (Lipinski definition) is 0. The van der Waals surface area contributed by atoms with Gasteiger partial charge < -0.3 is 4.74 Å². The molecule has 0 spiro atoms. The number of hydrogen-bond acceptors (Lipinski definition) is 1. The minimum absolute atomic E-state index is 0.225. The highest BCUT2D eigenvalue weighted by molar-refractivity contribution is 5.84. The molecule has 4 aromatic rings. The van der Waals surface area contributed by atoms with Crippen LogP contribution in [0.2, 0.25) is 0 Å². The summed E-state index contributed by atoms with van der Waals surface area (Å²) >= 11 is 0. The van der Waals surface area contributed by atoms with Gasteiger partial charge in [-0.3, -0.25) is 0 Å². The molecular weight excluding hydrogens is 409 g/mol. The summed E-state index contributed by atoms with van der Waals surface area (Å²) < 4.78 is 46.3. The summed E-state index contributed by atoms with van der Waals surface area (Å²) in [5.74, 6) is 9.75. The Morgan fingerprint density at radius 1 is 0.656 bits per heavy atom. The van der Waals surface area contributed by atoms with Crippen LogP contribution in [0.4, 0.5) is 13.2 Å². The first-order valence-corrected chi connectivity index (χ1v) is 9.83. The average Bonchev–Trinajstić information content (AvgIpc) is 2.80. The summed E-state index contributed by atoms with van der Waals surface area (Å²) in [6.07, 6.45) is 0. The van der Waals surface area contributed by atoms with Gasteiger partial charge in [0.1, 0.15) is 5.82 Å². The van der Waals surface area contributed by atoms with Crippen LogP contribution >= 0.6 is 0 Å². The fourth-order valence-electron chi connectivity index (χ4n) is 3.18. The zero-order chi connectivity index (χ0) is 22.5. The lowest BCUT2D eigenvalue weighted by atomic mass is 10.1. The predicted molar refractivity (Wildman–Crippen MR) is 119 cm³/mol. The fraction of sp³-hybridized carbons (Fsp3) is 0.0714. The van der Waals surface area contributed by atoms with Crippen molar-refractivity contribution in [2.75, 3.05) is 7.11 Å². The van der Waals surface area contributed by atoms with Gasteiger partial charge in [-0.1, -0.05) is 41.9 Å². The molecule has 0 N–H and O–H groups in total. The summed E-state index contributed by atoms with van der Waals surface area (Å²) in [6.45, 7) is 0.349. The largest absolute Gasteiger partial charge is 0.380 e. The molecule has 0 atom stereocenters. The van der Waals surface area contributed by atoms with Gasteiger partial charge in [0.25, 0.3) is 0 Å². The molecule has 156 valence electrons. The zero-order valence-electron chi connectivity index (χ0n) is 17.2. The van der Waals surface area contributed by atoms with Crippen molar-refractivity contribution in [3.05, 3.63) is 118 Å². The highest BCUT2D eigenvalue weighted by Crippen LogP contribution is 2.21. The minimum Gasteiger partial charge on any atom is -0.380 e. The topological polar surface area (TPSA) is 9.23 Å². The maximum Gasteiger partial charge on any atom is 0.166 e. The molecule has 0 fully saturated rings. The van der Waals surface area contributed by atoms with Crippen molar-refractivity contribution in [1.82, 2.24) is 0 Å². The Morgan fingerprint density at radius 3 is 2.00 bits per heavy atom. The summed E-state index contributed by atoms with van der Waals surface area (Å²) in [4.78, 5) is 0. The Bertz CT molecular complexity index is 1420. The van der Waals surface area contributed by atoms with Crippen LogP contribution in [0.15, 0.2) is 72.8 Å². The Labute approximate surface area is 184 Å². The molecule has 0 aliphatic carbocycles. The van der Waals surface area contributed by atoms with Gasteiger partial charge in [0.15, 0.2) is 11.6 Å². The highest BCUT2D eigenvalue weighted by Gasteiger charge is 2.06. The van der Waals surface area contributed by atoms with Crippen LogP contribution in [0.3, 0.4) is 0 Å². The molecule has 0 unspecified atom stereocenters. The maximum absolute atomic E-state index is 14.1. The molecule has 0 amide bonds. The van der Waals surface area contributed by atoms with E-state index in [4.69, 9.17) is 4.74 Å². The first kappa shape index (κ1) is 21.2. The van der Waals surface area contributed by atoms with Crippen LogP contribution < -0.4 is 0 Å². The second kappa shape index (κ2) is 9.43. The van der Waals surface area contributed by atoms with E-state index in [2.05, 4.69) is 23.7 Å². The molecule has 4 heteroatoms. The molecule has 1 nitrogen and oxygen atoms in total. The van der Waals surface area contributed by atoms with Gasteiger partial charge in [-0.05, 0) is 65.5 Å². The van der Waals surface area contributed by atoms with E-state index >= 15 is 0 Å². The van der Waals surface area contributed by atoms with Crippen molar-refractivity contribution >= 4 is 10.8 Å². The summed E-state index contributed by atoms with van der Waals surface area (Å²) in [7, 11) is 1.56. The SMILES string of the molecule is COCc1ccc(C#Cc2ccc(C#Cc3ccc4c(F)c(F)ccc4c3)cc2)c(F)c1. The third kappa shape index (κ3) is 4.83. The fourth-order valence-corrected chi connectivity index (χ4v) is 3.18. The van der Waals surface area contributed by atoms with E-state index in [1.807, 2.05) is 24.3 Å². The standard InChI is InChI=1S/C28H17F3O/c1-32-18-22-9-12-23(27(30)17-22)11-8-20-4-2-19(3-5-20)6-7-21-10-14-25-24(16-21)13-15-26(29)28(25)31/h2-5,9-10,12-17H,18H2,1H3. The first-order valence-electron chi connectivity index (χ1n) is 9.83. The van der Waals surface area contributed by atoms with Gasteiger partial charge in [-0.15, -0.1) is 0 Å². The summed E-state index contributed by atoms with van der Waals surface area (Å²) in [5.41, 5.74) is 3.28. The number of methoxy groups -OCH3 is 1. The Morgan fingerprint density at radius 2 is 1.31 bits per heavy atom. The summed E-state index contributed by atoms with van der Waals surface area (Å²) in [6, 6.07) is 19.7. The van der Waals surface area contributed by atoms with E-state index in [-0.39, 0.29) is 11.2 Å². The summed E-state index contributed by atoms with van der Waals surface area (Å²) in [5, 5.41) is 0.812. The molecule has 32 heavy (non-hydrogen) atoms. The van der Waals surface area contributed by atoms with Gasteiger partial charge in [-0.25, -0.2) is 13.2 Å². The van der Waals surface area contributed by atoms with Crippen LogP contribution in [0, 0.1) is 41.1 Å². The van der Waals surface area contributed by atoms with Gasteiger partial charge in [0.2, 0.25) is 0 Å². The Kier molecular flexibility index (Phi) is 6.26. The lowest BCUT2D eigenvalue weighted by molar-refractivity contribution is 0.184. The maximum atomic E-state index is 14.1. The highest BCUT2D eigenvalue weighted by atomic mass is 19.2. The van der Waals surface area contributed by atoms with Crippen LogP contribution in [-0.4, -0.2) is 7.11 Å². The van der Waals surface area contributed by atoms with Crippen molar-refractivity contribution in [2.45, 2.75) is 6.61 Å². The van der Waals surface area contributed by atoms with Crippen LogP contribution in [0.25, 0.3) is 10.8 Å².